The van der Waals surface area contributed by atoms with Gasteiger partial charge in [0, 0.05) is 10.6 Å². The van der Waals surface area contributed by atoms with E-state index >= 15 is 0 Å². The Balaban J connectivity index is 1.69. The van der Waals surface area contributed by atoms with Crippen LogP contribution in [0.25, 0.3) is 0 Å². The SMILES string of the molecule is O=C(NCC(O)(c1ccco1)c1cccs1)C(=O)Nc1cccc(C(F)(F)F)c1. The van der Waals surface area contributed by atoms with Crippen LogP contribution in [0.2, 0.25) is 0 Å². The quantitative estimate of drug-likeness (QED) is 0.548. The third-order valence-electron chi connectivity index (χ3n) is 4.02. The van der Waals surface area contributed by atoms with Crippen LogP contribution >= 0.6 is 11.3 Å². The highest BCUT2D eigenvalue weighted by Crippen LogP contribution is 2.33. The second-order valence-corrected chi connectivity index (χ2v) is 6.98. The minimum atomic E-state index is -4.58. The van der Waals surface area contributed by atoms with Crippen molar-refractivity contribution in [3.63, 3.8) is 0 Å². The summed E-state index contributed by atoms with van der Waals surface area (Å²) in [4.78, 5) is 24.7. The van der Waals surface area contributed by atoms with Crippen molar-refractivity contribution in [1.29, 1.82) is 0 Å². The number of hydrogen-bond donors (Lipinski definition) is 3. The zero-order chi connectivity index (χ0) is 21.1. The van der Waals surface area contributed by atoms with Gasteiger partial charge in [-0.3, -0.25) is 9.59 Å². The van der Waals surface area contributed by atoms with E-state index in [4.69, 9.17) is 4.42 Å². The van der Waals surface area contributed by atoms with Gasteiger partial charge in [0.25, 0.3) is 0 Å². The molecule has 3 rings (SSSR count). The van der Waals surface area contributed by atoms with Gasteiger partial charge in [0.15, 0.2) is 5.60 Å². The molecule has 152 valence electrons. The lowest BCUT2D eigenvalue weighted by Crippen LogP contribution is -2.44. The van der Waals surface area contributed by atoms with Gasteiger partial charge in [-0.2, -0.15) is 13.2 Å². The summed E-state index contributed by atoms with van der Waals surface area (Å²) in [6.07, 6.45) is -3.22. The van der Waals surface area contributed by atoms with Crippen LogP contribution in [0.5, 0.6) is 0 Å². The number of rotatable bonds is 5. The maximum absolute atomic E-state index is 12.8. The molecule has 6 nitrogen and oxygen atoms in total. The summed E-state index contributed by atoms with van der Waals surface area (Å²) in [5.74, 6) is -2.13. The van der Waals surface area contributed by atoms with Gasteiger partial charge in [-0.1, -0.05) is 12.1 Å². The first-order valence-corrected chi connectivity index (χ1v) is 9.15. The van der Waals surface area contributed by atoms with E-state index in [2.05, 4.69) is 10.6 Å². The molecule has 0 aliphatic carbocycles. The van der Waals surface area contributed by atoms with Crippen LogP contribution in [-0.4, -0.2) is 23.5 Å². The molecule has 0 aliphatic rings. The molecule has 1 atom stereocenters. The molecule has 3 aromatic rings. The lowest BCUT2D eigenvalue weighted by Gasteiger charge is -2.25. The molecule has 0 saturated carbocycles. The largest absolute Gasteiger partial charge is 0.466 e. The molecule has 2 heterocycles. The summed E-state index contributed by atoms with van der Waals surface area (Å²) < 4.78 is 43.5. The van der Waals surface area contributed by atoms with Gasteiger partial charge in [0.1, 0.15) is 5.76 Å². The standard InChI is InChI=1S/C19H15F3N2O4S/c20-19(21,22)12-4-1-5-13(10-12)24-17(26)16(25)23-11-18(27,14-6-2-8-28-14)15-7-3-9-29-15/h1-10,27H,11H2,(H,23,25)(H,24,26). The van der Waals surface area contributed by atoms with Crippen molar-refractivity contribution in [1.82, 2.24) is 5.32 Å². The lowest BCUT2D eigenvalue weighted by molar-refractivity contribution is -0.137. The summed E-state index contributed by atoms with van der Waals surface area (Å²) in [5.41, 5.74) is -2.84. The van der Waals surface area contributed by atoms with Gasteiger partial charge in [-0.15, -0.1) is 11.3 Å². The number of halogens is 3. The first-order valence-electron chi connectivity index (χ1n) is 8.27. The van der Waals surface area contributed by atoms with Crippen molar-refractivity contribution in [2.75, 3.05) is 11.9 Å². The topological polar surface area (TPSA) is 91.6 Å². The zero-order valence-electron chi connectivity index (χ0n) is 14.7. The highest BCUT2D eigenvalue weighted by molar-refractivity contribution is 7.10. The molecule has 0 bridgehead atoms. The molecule has 1 aromatic carbocycles. The summed E-state index contributed by atoms with van der Waals surface area (Å²) in [5, 5.41) is 17.1. The average molecular weight is 424 g/mol. The molecular formula is C19H15F3N2O4S. The Bertz CT molecular complexity index is 951. The van der Waals surface area contributed by atoms with Crippen LogP contribution in [0.3, 0.4) is 0 Å². The number of carbonyl (C=O) groups is 2. The Morgan fingerprint density at radius 1 is 1.07 bits per heavy atom. The molecule has 3 N–H and O–H groups in total. The zero-order valence-corrected chi connectivity index (χ0v) is 15.5. The summed E-state index contributed by atoms with van der Waals surface area (Å²) >= 11 is 1.23. The fourth-order valence-corrected chi connectivity index (χ4v) is 3.40. The predicted octanol–water partition coefficient (Wildman–Crippen LogP) is 3.35. The first kappa shape index (κ1) is 20.6. The van der Waals surface area contributed by atoms with E-state index in [0.717, 1.165) is 18.2 Å². The van der Waals surface area contributed by atoms with Gasteiger partial charge in [0.05, 0.1) is 18.4 Å². The molecule has 2 amide bonds. The highest BCUT2D eigenvalue weighted by atomic mass is 32.1. The second kappa shape index (κ2) is 8.10. The van der Waals surface area contributed by atoms with Crippen LogP contribution in [-0.2, 0) is 21.4 Å². The molecule has 10 heteroatoms. The highest BCUT2D eigenvalue weighted by Gasteiger charge is 2.37. The molecule has 0 aliphatic heterocycles. The average Bonchev–Trinajstić information content (AvgIpc) is 3.39. The number of benzene rings is 1. The number of hydrogen-bond acceptors (Lipinski definition) is 5. The smallest absolute Gasteiger partial charge is 0.416 e. The van der Waals surface area contributed by atoms with Crippen molar-refractivity contribution in [2.45, 2.75) is 11.8 Å². The van der Waals surface area contributed by atoms with Crippen molar-refractivity contribution >= 4 is 28.8 Å². The number of anilines is 1. The number of carbonyl (C=O) groups excluding carboxylic acids is 2. The minimum Gasteiger partial charge on any atom is -0.466 e. The number of thiophene rings is 1. The van der Waals surface area contributed by atoms with E-state index in [1.54, 1.807) is 23.6 Å². The number of amides is 2. The monoisotopic (exact) mass is 424 g/mol. The first-order chi connectivity index (χ1) is 13.7. The third kappa shape index (κ3) is 4.66. The van der Waals surface area contributed by atoms with Crippen molar-refractivity contribution in [2.24, 2.45) is 0 Å². The molecule has 0 radical (unpaired) electrons. The van der Waals surface area contributed by atoms with Crippen LogP contribution < -0.4 is 10.6 Å². The maximum atomic E-state index is 12.8. The summed E-state index contributed by atoms with van der Waals surface area (Å²) in [6.45, 7) is -0.379. The van der Waals surface area contributed by atoms with Gasteiger partial charge >= 0.3 is 18.0 Å². The molecular weight excluding hydrogens is 409 g/mol. The Hall–Kier alpha value is -3.11. The van der Waals surface area contributed by atoms with Gasteiger partial charge < -0.3 is 20.2 Å². The van der Waals surface area contributed by atoms with Crippen molar-refractivity contribution < 1.29 is 32.3 Å². The fraction of sp³-hybridized carbons (Fsp3) is 0.158. The molecule has 29 heavy (non-hydrogen) atoms. The lowest BCUT2D eigenvalue weighted by atomic mass is 9.98. The van der Waals surface area contributed by atoms with Gasteiger partial charge in [-0.25, -0.2) is 0 Å². The molecule has 1 unspecified atom stereocenters. The van der Waals surface area contributed by atoms with E-state index in [0.29, 0.717) is 4.88 Å². The van der Waals surface area contributed by atoms with Crippen molar-refractivity contribution in [3.8, 4) is 0 Å². The van der Waals surface area contributed by atoms with Crippen LogP contribution in [0.1, 0.15) is 16.2 Å². The van der Waals surface area contributed by atoms with E-state index in [1.807, 2.05) is 0 Å². The third-order valence-corrected chi connectivity index (χ3v) is 5.04. The van der Waals surface area contributed by atoms with Crippen LogP contribution in [0, 0.1) is 0 Å². The minimum absolute atomic E-state index is 0.165. The Kier molecular flexibility index (Phi) is 5.76. The van der Waals surface area contributed by atoms with E-state index in [9.17, 15) is 27.9 Å². The van der Waals surface area contributed by atoms with Gasteiger partial charge in [0.2, 0.25) is 0 Å². The number of alkyl halides is 3. The summed E-state index contributed by atoms with van der Waals surface area (Å²) in [6, 6.07) is 10.3. The second-order valence-electron chi connectivity index (χ2n) is 6.03. The molecule has 2 aromatic heterocycles. The molecule has 0 spiro atoms. The Morgan fingerprint density at radius 2 is 1.86 bits per heavy atom. The Labute approximate surface area is 167 Å². The summed E-state index contributed by atoms with van der Waals surface area (Å²) in [7, 11) is 0. The normalized spacial score (nSPS) is 13.5. The fourth-order valence-electron chi connectivity index (χ4n) is 2.57. The number of nitrogens with one attached hydrogen (secondary N) is 2. The number of aliphatic hydroxyl groups is 1. The van der Waals surface area contributed by atoms with Gasteiger partial charge in [-0.05, 0) is 41.8 Å². The van der Waals surface area contributed by atoms with E-state index in [-0.39, 0.29) is 18.0 Å². The Morgan fingerprint density at radius 3 is 2.48 bits per heavy atom. The van der Waals surface area contributed by atoms with E-state index in [1.165, 1.54) is 29.7 Å². The van der Waals surface area contributed by atoms with Crippen LogP contribution in [0.15, 0.2) is 64.6 Å². The van der Waals surface area contributed by atoms with E-state index < -0.39 is 29.2 Å². The molecule has 0 saturated heterocycles. The molecule has 0 fully saturated rings. The maximum Gasteiger partial charge on any atom is 0.416 e. The predicted molar refractivity (Wildman–Crippen MR) is 99.1 cm³/mol. The number of furan rings is 1. The van der Waals surface area contributed by atoms with Crippen LogP contribution in [0.4, 0.5) is 18.9 Å². The van der Waals surface area contributed by atoms with Crippen molar-refractivity contribution in [3.05, 3.63) is 76.4 Å².